The lowest BCUT2D eigenvalue weighted by molar-refractivity contribution is -0.127. The molecule has 0 fully saturated rings. The minimum atomic E-state index is -0.0232. The maximum atomic E-state index is 11.8. The van der Waals surface area contributed by atoms with Crippen molar-refractivity contribution in [2.75, 3.05) is 54.6 Å². The first-order valence-electron chi connectivity index (χ1n) is 9.02. The first kappa shape index (κ1) is 22.6. The third-order valence-electron chi connectivity index (χ3n) is 3.74. The van der Waals surface area contributed by atoms with Crippen molar-refractivity contribution in [1.82, 2.24) is 15.5 Å². The molecule has 0 bridgehead atoms. The van der Waals surface area contributed by atoms with E-state index in [0.717, 1.165) is 12.0 Å². The average molecular weight is 380 g/mol. The second-order valence-electron chi connectivity index (χ2n) is 5.97. The summed E-state index contributed by atoms with van der Waals surface area (Å²) in [6.45, 7) is 4.68. The van der Waals surface area contributed by atoms with Gasteiger partial charge in [0.25, 0.3) is 0 Å². The SMILES string of the molecule is CCOCCCNC(=NCc1ccc(OC)c(OC)c1)NCC(=O)N(C)C. The molecule has 0 unspecified atom stereocenters. The summed E-state index contributed by atoms with van der Waals surface area (Å²) < 4.78 is 15.9. The highest BCUT2D eigenvalue weighted by molar-refractivity contribution is 5.86. The fourth-order valence-corrected chi connectivity index (χ4v) is 2.17. The van der Waals surface area contributed by atoms with Crippen LogP contribution in [0.2, 0.25) is 0 Å². The van der Waals surface area contributed by atoms with E-state index in [1.807, 2.05) is 25.1 Å². The van der Waals surface area contributed by atoms with Crippen molar-refractivity contribution in [1.29, 1.82) is 0 Å². The number of benzene rings is 1. The number of carbonyl (C=O) groups excluding carboxylic acids is 1. The number of aliphatic imine (C=N–C) groups is 1. The molecule has 0 aliphatic heterocycles. The van der Waals surface area contributed by atoms with Gasteiger partial charge in [0.2, 0.25) is 5.91 Å². The zero-order valence-electron chi connectivity index (χ0n) is 17.0. The van der Waals surface area contributed by atoms with Gasteiger partial charge in [-0.25, -0.2) is 4.99 Å². The number of amides is 1. The third kappa shape index (κ3) is 8.63. The zero-order chi connectivity index (χ0) is 20.1. The van der Waals surface area contributed by atoms with Crippen molar-refractivity contribution < 1.29 is 19.0 Å². The van der Waals surface area contributed by atoms with E-state index in [1.54, 1.807) is 28.3 Å². The van der Waals surface area contributed by atoms with E-state index in [1.165, 1.54) is 4.90 Å². The van der Waals surface area contributed by atoms with Gasteiger partial charge in [-0.15, -0.1) is 0 Å². The maximum absolute atomic E-state index is 11.8. The Kier molecular flexibility index (Phi) is 10.7. The van der Waals surface area contributed by atoms with Gasteiger partial charge in [-0.1, -0.05) is 6.07 Å². The first-order valence-corrected chi connectivity index (χ1v) is 9.02. The standard InChI is InChI=1S/C19H32N4O4/c1-6-27-11-7-10-20-19(22-14-18(24)23(2)3)21-13-15-8-9-16(25-4)17(12-15)26-5/h8-9,12H,6-7,10-11,13-14H2,1-5H3,(H2,20,21,22). The minimum Gasteiger partial charge on any atom is -0.493 e. The van der Waals surface area contributed by atoms with Gasteiger partial charge in [0.1, 0.15) is 0 Å². The van der Waals surface area contributed by atoms with Gasteiger partial charge in [-0.3, -0.25) is 4.79 Å². The normalized spacial score (nSPS) is 11.1. The quantitative estimate of drug-likeness (QED) is 0.342. The topological polar surface area (TPSA) is 84.4 Å². The predicted molar refractivity (Wildman–Crippen MR) is 106 cm³/mol. The first-order chi connectivity index (χ1) is 13.0. The second kappa shape index (κ2) is 12.8. The molecule has 2 N–H and O–H groups in total. The summed E-state index contributed by atoms with van der Waals surface area (Å²) in [6, 6.07) is 5.67. The van der Waals surface area contributed by atoms with E-state index < -0.39 is 0 Å². The molecule has 0 spiro atoms. The van der Waals surface area contributed by atoms with E-state index in [4.69, 9.17) is 14.2 Å². The van der Waals surface area contributed by atoms with E-state index in [2.05, 4.69) is 15.6 Å². The van der Waals surface area contributed by atoms with E-state index in [-0.39, 0.29) is 12.5 Å². The number of methoxy groups -OCH3 is 2. The van der Waals surface area contributed by atoms with Crippen LogP contribution < -0.4 is 20.1 Å². The molecule has 0 aliphatic carbocycles. The molecule has 1 amide bonds. The highest BCUT2D eigenvalue weighted by Gasteiger charge is 2.07. The lowest BCUT2D eigenvalue weighted by Gasteiger charge is -2.15. The Labute approximate surface area is 161 Å². The summed E-state index contributed by atoms with van der Waals surface area (Å²) in [7, 11) is 6.65. The Balaban J connectivity index is 2.72. The predicted octanol–water partition coefficient (Wildman–Crippen LogP) is 1.25. The number of nitrogens with one attached hydrogen (secondary N) is 2. The molecule has 0 heterocycles. The molecular weight excluding hydrogens is 348 g/mol. The molecule has 0 saturated heterocycles. The van der Waals surface area contributed by atoms with Crippen LogP contribution in [0.4, 0.5) is 0 Å². The van der Waals surface area contributed by atoms with Crippen LogP contribution in [0.3, 0.4) is 0 Å². The Morgan fingerprint density at radius 2 is 1.89 bits per heavy atom. The van der Waals surface area contributed by atoms with Gasteiger partial charge in [0.05, 0.1) is 27.3 Å². The second-order valence-corrected chi connectivity index (χ2v) is 5.97. The lowest BCUT2D eigenvalue weighted by atomic mass is 10.2. The number of likely N-dealkylation sites (N-methyl/N-ethyl adjacent to an activating group) is 1. The van der Waals surface area contributed by atoms with Gasteiger partial charge in [-0.05, 0) is 31.0 Å². The number of ether oxygens (including phenoxy) is 3. The smallest absolute Gasteiger partial charge is 0.241 e. The van der Waals surface area contributed by atoms with Crippen molar-refractivity contribution in [2.24, 2.45) is 4.99 Å². The van der Waals surface area contributed by atoms with Crippen molar-refractivity contribution in [3.05, 3.63) is 23.8 Å². The van der Waals surface area contributed by atoms with E-state index in [9.17, 15) is 4.79 Å². The molecule has 152 valence electrons. The Morgan fingerprint density at radius 1 is 1.15 bits per heavy atom. The molecule has 0 atom stereocenters. The van der Waals surface area contributed by atoms with Gasteiger partial charge in [0.15, 0.2) is 17.5 Å². The van der Waals surface area contributed by atoms with Gasteiger partial charge in [-0.2, -0.15) is 0 Å². The van der Waals surface area contributed by atoms with Crippen molar-refractivity contribution in [3.8, 4) is 11.5 Å². The monoisotopic (exact) mass is 380 g/mol. The highest BCUT2D eigenvalue weighted by atomic mass is 16.5. The molecule has 0 saturated carbocycles. The van der Waals surface area contributed by atoms with Crippen molar-refractivity contribution >= 4 is 11.9 Å². The fraction of sp³-hybridized carbons (Fsp3) is 0.579. The molecule has 8 heteroatoms. The minimum absolute atomic E-state index is 0.0232. The highest BCUT2D eigenvalue weighted by Crippen LogP contribution is 2.27. The molecule has 0 aromatic heterocycles. The zero-order valence-corrected chi connectivity index (χ0v) is 17.0. The molecule has 8 nitrogen and oxygen atoms in total. The number of guanidine groups is 1. The van der Waals surface area contributed by atoms with Gasteiger partial charge >= 0.3 is 0 Å². The third-order valence-corrected chi connectivity index (χ3v) is 3.74. The summed E-state index contributed by atoms with van der Waals surface area (Å²) in [5.41, 5.74) is 0.974. The van der Waals surface area contributed by atoms with Crippen LogP contribution in [-0.2, 0) is 16.1 Å². The largest absolute Gasteiger partial charge is 0.493 e. The lowest BCUT2D eigenvalue weighted by Crippen LogP contribution is -2.43. The molecule has 1 aromatic carbocycles. The summed E-state index contributed by atoms with van der Waals surface area (Å²) in [4.78, 5) is 17.9. The number of hydrogen-bond donors (Lipinski definition) is 2. The number of nitrogens with zero attached hydrogens (tertiary/aromatic N) is 2. The van der Waals surface area contributed by atoms with Crippen molar-refractivity contribution in [2.45, 2.75) is 19.9 Å². The number of carbonyl (C=O) groups is 1. The number of hydrogen-bond acceptors (Lipinski definition) is 5. The Bertz CT molecular complexity index is 605. The van der Waals surface area contributed by atoms with Crippen LogP contribution in [0.5, 0.6) is 11.5 Å². The maximum Gasteiger partial charge on any atom is 0.241 e. The molecule has 1 aromatic rings. The van der Waals surface area contributed by atoms with E-state index in [0.29, 0.717) is 43.8 Å². The summed E-state index contributed by atoms with van der Waals surface area (Å²) in [5, 5.41) is 6.29. The van der Waals surface area contributed by atoms with Gasteiger partial charge in [0, 0.05) is 33.9 Å². The molecule has 27 heavy (non-hydrogen) atoms. The van der Waals surface area contributed by atoms with Crippen LogP contribution in [0, 0.1) is 0 Å². The Morgan fingerprint density at radius 3 is 2.52 bits per heavy atom. The summed E-state index contributed by atoms with van der Waals surface area (Å²) in [5.74, 6) is 1.89. The van der Waals surface area contributed by atoms with E-state index >= 15 is 0 Å². The summed E-state index contributed by atoms with van der Waals surface area (Å²) in [6.07, 6.45) is 0.854. The van der Waals surface area contributed by atoms with Crippen LogP contribution >= 0.6 is 0 Å². The van der Waals surface area contributed by atoms with Crippen molar-refractivity contribution in [3.63, 3.8) is 0 Å². The van der Waals surface area contributed by atoms with Gasteiger partial charge < -0.3 is 29.7 Å². The molecule has 1 rings (SSSR count). The average Bonchev–Trinajstić information content (AvgIpc) is 2.68. The Hall–Kier alpha value is -2.48. The van der Waals surface area contributed by atoms with Crippen LogP contribution in [0.1, 0.15) is 18.9 Å². The number of rotatable bonds is 11. The fourth-order valence-electron chi connectivity index (χ4n) is 2.17. The van der Waals surface area contributed by atoms with Crippen LogP contribution in [0.25, 0.3) is 0 Å². The summed E-state index contributed by atoms with van der Waals surface area (Å²) >= 11 is 0. The molecule has 0 aliphatic rings. The van der Waals surface area contributed by atoms with Crippen LogP contribution in [0.15, 0.2) is 23.2 Å². The van der Waals surface area contributed by atoms with Crippen LogP contribution in [-0.4, -0.2) is 71.4 Å². The molecule has 0 radical (unpaired) electrons. The molecular formula is C19H32N4O4.